The number of rotatable bonds is 5. The summed E-state index contributed by atoms with van der Waals surface area (Å²) in [6.07, 6.45) is 6.48. The Bertz CT molecular complexity index is 383. The monoisotopic (exact) mass is 266 g/mol. The molecular formula is C15H26N2O2. The lowest BCUT2D eigenvalue weighted by Gasteiger charge is -2.25. The molecule has 1 heterocycles. The van der Waals surface area contributed by atoms with Crippen molar-refractivity contribution in [2.75, 3.05) is 0 Å². The average Bonchev–Trinajstić information content (AvgIpc) is 2.95. The molecule has 0 saturated heterocycles. The van der Waals surface area contributed by atoms with E-state index in [0.717, 1.165) is 11.7 Å². The summed E-state index contributed by atoms with van der Waals surface area (Å²) in [5, 5.41) is 14.0. The van der Waals surface area contributed by atoms with E-state index in [4.69, 9.17) is 4.52 Å². The second kappa shape index (κ2) is 6.51. The van der Waals surface area contributed by atoms with Gasteiger partial charge in [-0.05, 0) is 38.0 Å². The van der Waals surface area contributed by atoms with Crippen LogP contribution in [0.25, 0.3) is 0 Å². The highest BCUT2D eigenvalue weighted by atomic mass is 16.5. The first-order valence-corrected chi connectivity index (χ1v) is 7.67. The van der Waals surface area contributed by atoms with Crippen LogP contribution in [0.2, 0.25) is 0 Å². The summed E-state index contributed by atoms with van der Waals surface area (Å²) in [6, 6.07) is 0. The molecule has 1 aliphatic rings. The van der Waals surface area contributed by atoms with E-state index >= 15 is 0 Å². The Morgan fingerprint density at radius 1 is 1.26 bits per heavy atom. The molecule has 0 radical (unpaired) electrons. The minimum atomic E-state index is -0.399. The molecule has 4 heteroatoms. The molecule has 1 aromatic heterocycles. The van der Waals surface area contributed by atoms with Gasteiger partial charge in [0.1, 0.15) is 0 Å². The van der Waals surface area contributed by atoms with E-state index < -0.39 is 6.10 Å². The van der Waals surface area contributed by atoms with Gasteiger partial charge in [0.25, 0.3) is 0 Å². The van der Waals surface area contributed by atoms with Crippen LogP contribution in [0.4, 0.5) is 0 Å². The summed E-state index contributed by atoms with van der Waals surface area (Å²) in [7, 11) is 0. The van der Waals surface area contributed by atoms with Crippen LogP contribution in [0, 0.1) is 5.92 Å². The SMILES string of the molecule is CCC1CCC(c2noc(C(C)C(O)CC)n2)CC1. The minimum Gasteiger partial charge on any atom is -0.392 e. The smallest absolute Gasteiger partial charge is 0.232 e. The average molecular weight is 266 g/mol. The van der Waals surface area contributed by atoms with Crippen molar-refractivity contribution < 1.29 is 9.63 Å². The van der Waals surface area contributed by atoms with Crippen molar-refractivity contribution in [1.82, 2.24) is 10.1 Å². The quantitative estimate of drug-likeness (QED) is 0.884. The number of nitrogens with zero attached hydrogens (tertiary/aromatic N) is 2. The summed E-state index contributed by atoms with van der Waals surface area (Å²) in [5.74, 6) is 2.69. The maximum absolute atomic E-state index is 9.84. The number of hydrogen-bond donors (Lipinski definition) is 1. The second-order valence-corrected chi connectivity index (χ2v) is 5.88. The van der Waals surface area contributed by atoms with Gasteiger partial charge in [-0.3, -0.25) is 0 Å². The van der Waals surface area contributed by atoms with Gasteiger partial charge >= 0.3 is 0 Å². The van der Waals surface area contributed by atoms with Gasteiger partial charge in [-0.2, -0.15) is 4.98 Å². The van der Waals surface area contributed by atoms with E-state index in [1.807, 2.05) is 13.8 Å². The first-order chi connectivity index (χ1) is 9.15. The lowest BCUT2D eigenvalue weighted by atomic mass is 9.80. The molecule has 0 bridgehead atoms. The Morgan fingerprint density at radius 2 is 1.95 bits per heavy atom. The van der Waals surface area contributed by atoms with Gasteiger partial charge in [0.05, 0.1) is 12.0 Å². The Balaban J connectivity index is 1.97. The van der Waals surface area contributed by atoms with Crippen LogP contribution in [0.15, 0.2) is 4.52 Å². The number of hydrogen-bond acceptors (Lipinski definition) is 4. The Labute approximate surface area is 115 Å². The highest BCUT2D eigenvalue weighted by molar-refractivity contribution is 5.01. The summed E-state index contributed by atoms with van der Waals surface area (Å²) in [4.78, 5) is 4.52. The van der Waals surface area contributed by atoms with Crippen LogP contribution in [0.1, 0.15) is 82.8 Å². The molecule has 1 saturated carbocycles. The van der Waals surface area contributed by atoms with E-state index in [1.54, 1.807) is 0 Å². The molecule has 4 nitrogen and oxygen atoms in total. The lowest BCUT2D eigenvalue weighted by Crippen LogP contribution is -2.16. The largest absolute Gasteiger partial charge is 0.392 e. The minimum absolute atomic E-state index is 0.0711. The number of aliphatic hydroxyl groups excluding tert-OH is 1. The van der Waals surface area contributed by atoms with Crippen LogP contribution in [-0.4, -0.2) is 21.4 Å². The van der Waals surface area contributed by atoms with E-state index in [0.29, 0.717) is 18.2 Å². The van der Waals surface area contributed by atoms with Crippen molar-refractivity contribution in [3.8, 4) is 0 Å². The molecule has 1 N–H and O–H groups in total. The maximum Gasteiger partial charge on any atom is 0.232 e. The van der Waals surface area contributed by atoms with Crippen molar-refractivity contribution in [1.29, 1.82) is 0 Å². The molecule has 1 aromatic rings. The zero-order valence-electron chi connectivity index (χ0n) is 12.3. The van der Waals surface area contributed by atoms with Gasteiger partial charge < -0.3 is 9.63 Å². The Kier molecular flexibility index (Phi) is 4.97. The molecule has 1 aliphatic carbocycles. The third kappa shape index (κ3) is 3.35. The fraction of sp³-hybridized carbons (Fsp3) is 0.867. The van der Waals surface area contributed by atoms with Gasteiger partial charge in [0.2, 0.25) is 5.89 Å². The molecule has 2 atom stereocenters. The zero-order valence-corrected chi connectivity index (χ0v) is 12.3. The number of aliphatic hydroxyl groups is 1. The molecule has 2 rings (SSSR count). The van der Waals surface area contributed by atoms with Crippen molar-refractivity contribution in [3.63, 3.8) is 0 Å². The predicted molar refractivity (Wildman–Crippen MR) is 74.0 cm³/mol. The molecular weight excluding hydrogens is 240 g/mol. The van der Waals surface area contributed by atoms with Gasteiger partial charge in [-0.1, -0.05) is 32.3 Å². The highest BCUT2D eigenvalue weighted by Crippen LogP contribution is 2.36. The standard InChI is InChI=1S/C15H26N2O2/c1-4-11-6-8-12(9-7-11)14-16-15(19-17-14)10(3)13(18)5-2/h10-13,18H,4-9H2,1-3H3. The molecule has 0 amide bonds. The van der Waals surface area contributed by atoms with Crippen molar-refractivity contribution in [3.05, 3.63) is 11.7 Å². The first-order valence-electron chi connectivity index (χ1n) is 7.67. The van der Waals surface area contributed by atoms with Gasteiger partial charge in [0.15, 0.2) is 5.82 Å². The summed E-state index contributed by atoms with van der Waals surface area (Å²) < 4.78 is 5.33. The molecule has 1 fully saturated rings. The maximum atomic E-state index is 9.84. The van der Waals surface area contributed by atoms with Crippen LogP contribution >= 0.6 is 0 Å². The Morgan fingerprint density at radius 3 is 2.53 bits per heavy atom. The van der Waals surface area contributed by atoms with Gasteiger partial charge in [-0.25, -0.2) is 0 Å². The van der Waals surface area contributed by atoms with Crippen LogP contribution in [-0.2, 0) is 0 Å². The Hall–Kier alpha value is -0.900. The van der Waals surface area contributed by atoms with Crippen molar-refractivity contribution in [2.45, 2.75) is 77.2 Å². The zero-order chi connectivity index (χ0) is 13.8. The van der Waals surface area contributed by atoms with Crippen LogP contribution in [0.3, 0.4) is 0 Å². The van der Waals surface area contributed by atoms with Crippen molar-refractivity contribution in [2.24, 2.45) is 5.92 Å². The normalized spacial score (nSPS) is 27.2. The van der Waals surface area contributed by atoms with E-state index in [2.05, 4.69) is 17.1 Å². The fourth-order valence-corrected chi connectivity index (χ4v) is 2.95. The number of aromatic nitrogens is 2. The van der Waals surface area contributed by atoms with E-state index in [1.165, 1.54) is 32.1 Å². The molecule has 0 aliphatic heterocycles. The van der Waals surface area contributed by atoms with E-state index in [9.17, 15) is 5.11 Å². The first kappa shape index (κ1) is 14.5. The van der Waals surface area contributed by atoms with Crippen LogP contribution in [0.5, 0.6) is 0 Å². The van der Waals surface area contributed by atoms with E-state index in [-0.39, 0.29) is 5.92 Å². The summed E-state index contributed by atoms with van der Waals surface area (Å²) in [6.45, 7) is 6.18. The lowest BCUT2D eigenvalue weighted by molar-refractivity contribution is 0.129. The molecule has 108 valence electrons. The second-order valence-electron chi connectivity index (χ2n) is 5.88. The third-order valence-corrected chi connectivity index (χ3v) is 4.63. The predicted octanol–water partition coefficient (Wildman–Crippen LogP) is 3.63. The molecule has 0 spiro atoms. The van der Waals surface area contributed by atoms with Gasteiger partial charge in [-0.15, -0.1) is 0 Å². The topological polar surface area (TPSA) is 59.2 Å². The fourth-order valence-electron chi connectivity index (χ4n) is 2.95. The highest BCUT2D eigenvalue weighted by Gasteiger charge is 2.27. The van der Waals surface area contributed by atoms with Crippen molar-refractivity contribution >= 4 is 0 Å². The molecule has 19 heavy (non-hydrogen) atoms. The van der Waals surface area contributed by atoms with Crippen LogP contribution < -0.4 is 0 Å². The summed E-state index contributed by atoms with van der Waals surface area (Å²) in [5.41, 5.74) is 0. The molecule has 2 unspecified atom stereocenters. The molecule has 0 aromatic carbocycles. The summed E-state index contributed by atoms with van der Waals surface area (Å²) >= 11 is 0. The van der Waals surface area contributed by atoms with Gasteiger partial charge in [0, 0.05) is 5.92 Å². The third-order valence-electron chi connectivity index (χ3n) is 4.63.